The molecule has 3 rings (SSSR count). The molecule has 0 N–H and O–H groups in total. The quantitative estimate of drug-likeness (QED) is 0.598. The normalized spacial score (nSPS) is 45.2. The van der Waals surface area contributed by atoms with Gasteiger partial charge in [-0.15, -0.1) is 0 Å². The molecule has 0 aromatic rings. The largest absolute Gasteiger partial charge is 0.0916 e. The lowest BCUT2D eigenvalue weighted by molar-refractivity contribution is 0.121. The van der Waals surface area contributed by atoms with Gasteiger partial charge in [0.05, 0.1) is 15.7 Å². The first-order valence-corrected chi connectivity index (χ1v) is 7.35. The Morgan fingerprint density at radius 2 is 1.65 bits per heavy atom. The molecule has 0 saturated heterocycles. The lowest BCUT2D eigenvalue weighted by Crippen LogP contribution is -2.41. The molecule has 0 heterocycles. The van der Waals surface area contributed by atoms with Crippen molar-refractivity contribution in [1.29, 1.82) is 0 Å². The predicted octanol–water partition coefficient (Wildman–Crippen LogP) is 3.70. The highest BCUT2D eigenvalue weighted by Crippen LogP contribution is 2.73. The lowest BCUT2D eigenvalue weighted by Gasteiger charge is -2.50. The van der Waals surface area contributed by atoms with Crippen molar-refractivity contribution in [3.63, 3.8) is 0 Å². The van der Waals surface area contributed by atoms with Crippen molar-refractivity contribution in [2.45, 2.75) is 64.5 Å². The summed E-state index contributed by atoms with van der Waals surface area (Å²) in [5.41, 5.74) is 0.772. The molecule has 0 nitrogen and oxygen atoms in total. The van der Waals surface area contributed by atoms with E-state index in [1.54, 1.807) is 0 Å². The zero-order valence-corrected chi connectivity index (χ0v) is 11.6. The van der Waals surface area contributed by atoms with Crippen LogP contribution in [0.15, 0.2) is 0 Å². The summed E-state index contributed by atoms with van der Waals surface area (Å²) in [5, 5.41) is -0.498. The summed E-state index contributed by atoms with van der Waals surface area (Å²) in [6.45, 7) is 6.56. The van der Waals surface area contributed by atoms with Gasteiger partial charge < -0.3 is 0 Å². The van der Waals surface area contributed by atoms with Crippen LogP contribution in [0.3, 0.4) is 0 Å². The second kappa shape index (κ2) is 3.36. The molecule has 3 saturated carbocycles. The Morgan fingerprint density at radius 3 is 2.24 bits per heavy atom. The number of hydrogen-bond donors (Lipinski definition) is 0. The van der Waals surface area contributed by atoms with Crippen LogP contribution < -0.4 is 0 Å². The van der Waals surface area contributed by atoms with E-state index in [-0.39, 0.29) is 5.41 Å². The van der Waals surface area contributed by atoms with E-state index in [0.717, 1.165) is 17.3 Å². The van der Waals surface area contributed by atoms with E-state index in [9.17, 15) is 0 Å². The van der Waals surface area contributed by atoms with Crippen LogP contribution in [0.25, 0.3) is 0 Å². The fraction of sp³-hybridized carbons (Fsp3) is 1.00. The third kappa shape index (κ3) is 1.58. The molecule has 0 aromatic heterocycles. The summed E-state index contributed by atoms with van der Waals surface area (Å²) < 4.78 is 0. The average molecular weight is 226 g/mol. The monoisotopic (exact) mass is 226 g/mol. The van der Waals surface area contributed by atoms with Gasteiger partial charge in [-0.25, -0.2) is 0 Å². The summed E-state index contributed by atoms with van der Waals surface area (Å²) >= 11 is 0. The molecule has 1 spiro atoms. The highest BCUT2D eigenvalue weighted by Gasteiger charge is 2.64. The van der Waals surface area contributed by atoms with Crippen molar-refractivity contribution < 1.29 is 0 Å². The molecule has 0 amide bonds. The molecule has 4 atom stereocenters. The summed E-state index contributed by atoms with van der Waals surface area (Å²) in [6.07, 6.45) is 8.40. The minimum atomic E-state index is -0.498. The third-order valence-corrected chi connectivity index (χ3v) is 6.46. The molecule has 3 aliphatic rings. The van der Waals surface area contributed by atoms with Gasteiger partial charge in [0.2, 0.25) is 0 Å². The Kier molecular flexibility index (Phi) is 2.41. The van der Waals surface area contributed by atoms with Crippen LogP contribution in [0.1, 0.15) is 59.3 Å². The van der Waals surface area contributed by atoms with Gasteiger partial charge in [0.1, 0.15) is 0 Å². The van der Waals surface area contributed by atoms with Gasteiger partial charge in [0.15, 0.2) is 0 Å². The van der Waals surface area contributed by atoms with Crippen molar-refractivity contribution in [2.75, 3.05) is 0 Å². The Morgan fingerprint density at radius 1 is 1.00 bits per heavy atom. The maximum Gasteiger partial charge on any atom is 0.0631 e. The molecular weight excluding hydrogens is 202 g/mol. The Labute approximate surface area is 109 Å². The number of rotatable bonds is 1. The van der Waals surface area contributed by atoms with E-state index in [1.807, 2.05) is 0 Å². The van der Waals surface area contributed by atoms with Gasteiger partial charge in [0.25, 0.3) is 0 Å². The molecule has 4 unspecified atom stereocenters. The molecule has 4 radical (unpaired) electrons. The van der Waals surface area contributed by atoms with Gasteiger partial charge in [-0.05, 0) is 54.8 Å². The molecule has 0 aromatic carbocycles. The summed E-state index contributed by atoms with van der Waals surface area (Å²) in [5.74, 6) is 2.55. The zero-order valence-electron chi connectivity index (χ0n) is 11.6. The smallest absolute Gasteiger partial charge is 0.0631 e. The summed E-state index contributed by atoms with van der Waals surface area (Å²) in [4.78, 5) is 0. The van der Waals surface area contributed by atoms with Crippen LogP contribution >= 0.6 is 0 Å². The minimum Gasteiger partial charge on any atom is -0.0916 e. The molecule has 2 heteroatoms. The molecule has 0 aliphatic heterocycles. The second-order valence-corrected chi connectivity index (χ2v) is 8.06. The first kappa shape index (κ1) is 12.2. The SMILES string of the molecule is [B]C([B])(C1CCC23CC2CCC3C1)C(C)(C)C. The Bertz CT molecular complexity index is 328. The number of hydrogen-bond acceptors (Lipinski definition) is 0. The molecule has 17 heavy (non-hydrogen) atoms. The van der Waals surface area contributed by atoms with Crippen molar-refractivity contribution >= 4 is 15.7 Å². The Balaban J connectivity index is 1.75. The van der Waals surface area contributed by atoms with E-state index < -0.39 is 5.21 Å². The van der Waals surface area contributed by atoms with Crippen molar-refractivity contribution in [3.8, 4) is 0 Å². The topological polar surface area (TPSA) is 0 Å². The maximum atomic E-state index is 6.49. The van der Waals surface area contributed by atoms with Crippen LogP contribution in [-0.4, -0.2) is 15.7 Å². The van der Waals surface area contributed by atoms with E-state index >= 15 is 0 Å². The lowest BCUT2D eigenvalue weighted by atomic mass is 9.36. The van der Waals surface area contributed by atoms with Crippen LogP contribution in [0.4, 0.5) is 0 Å². The molecular formula is C15H24B2. The van der Waals surface area contributed by atoms with E-state index in [2.05, 4.69) is 20.8 Å². The summed E-state index contributed by atoms with van der Waals surface area (Å²) in [6, 6.07) is 0. The van der Waals surface area contributed by atoms with E-state index in [4.69, 9.17) is 15.7 Å². The Hall–Kier alpha value is 0.130. The van der Waals surface area contributed by atoms with Crippen LogP contribution in [0, 0.1) is 28.6 Å². The molecule has 3 aliphatic carbocycles. The van der Waals surface area contributed by atoms with Gasteiger partial charge in [-0.3, -0.25) is 0 Å². The van der Waals surface area contributed by atoms with E-state index in [1.165, 1.54) is 38.5 Å². The second-order valence-electron chi connectivity index (χ2n) is 8.06. The highest BCUT2D eigenvalue weighted by molar-refractivity contribution is 6.40. The van der Waals surface area contributed by atoms with E-state index in [0.29, 0.717) is 5.92 Å². The van der Waals surface area contributed by atoms with Crippen LogP contribution in [0.5, 0.6) is 0 Å². The molecule has 90 valence electrons. The van der Waals surface area contributed by atoms with Crippen molar-refractivity contribution in [1.82, 2.24) is 0 Å². The fourth-order valence-corrected chi connectivity index (χ4v) is 4.79. The standard InChI is InChI=1S/C15H24B2/c1-13(2,3)15(16,17)11-6-7-14-9-12(14)5-4-10(14)8-11/h10-12H,4-9H2,1-3H3. The first-order chi connectivity index (χ1) is 7.77. The fourth-order valence-electron chi connectivity index (χ4n) is 4.79. The van der Waals surface area contributed by atoms with Gasteiger partial charge in [0, 0.05) is 0 Å². The first-order valence-electron chi connectivity index (χ1n) is 7.35. The minimum absolute atomic E-state index is 0.00370. The van der Waals surface area contributed by atoms with Gasteiger partial charge in [-0.1, -0.05) is 38.3 Å². The third-order valence-electron chi connectivity index (χ3n) is 6.46. The predicted molar refractivity (Wildman–Crippen MR) is 74.3 cm³/mol. The van der Waals surface area contributed by atoms with Crippen molar-refractivity contribution in [2.24, 2.45) is 28.6 Å². The summed E-state index contributed by atoms with van der Waals surface area (Å²) in [7, 11) is 13.0. The van der Waals surface area contributed by atoms with Crippen LogP contribution in [-0.2, 0) is 0 Å². The van der Waals surface area contributed by atoms with Crippen LogP contribution in [0.2, 0.25) is 5.21 Å². The van der Waals surface area contributed by atoms with Crippen molar-refractivity contribution in [3.05, 3.63) is 0 Å². The van der Waals surface area contributed by atoms with Gasteiger partial charge in [-0.2, -0.15) is 0 Å². The molecule has 3 fully saturated rings. The zero-order chi connectivity index (χ0) is 12.5. The molecule has 0 bridgehead atoms. The average Bonchev–Trinajstić information content (AvgIpc) is 2.80. The highest BCUT2D eigenvalue weighted by atomic mass is 14.7. The van der Waals surface area contributed by atoms with Gasteiger partial charge >= 0.3 is 0 Å². The maximum absolute atomic E-state index is 6.49.